The molecule has 3 aromatic rings. The van der Waals surface area contributed by atoms with Crippen LogP contribution in [0.1, 0.15) is 64.1 Å². The number of ether oxygens (including phenoxy) is 1. The fraction of sp³-hybridized carbons (Fsp3) is 0.577. The number of nitrogens with zero attached hydrogens (tertiary/aromatic N) is 7. The van der Waals surface area contributed by atoms with Crippen LogP contribution in [0.15, 0.2) is 24.4 Å². The van der Waals surface area contributed by atoms with Crippen LogP contribution in [0.2, 0.25) is 0 Å². The van der Waals surface area contributed by atoms with Crippen LogP contribution < -0.4 is 15.4 Å². The van der Waals surface area contributed by atoms with Gasteiger partial charge in [0.05, 0.1) is 12.8 Å². The van der Waals surface area contributed by atoms with Crippen LogP contribution in [-0.2, 0) is 0 Å². The van der Waals surface area contributed by atoms with Gasteiger partial charge in [0, 0.05) is 29.2 Å². The monoisotopic (exact) mass is 523 g/mol. The van der Waals surface area contributed by atoms with E-state index in [1.165, 1.54) is 19.0 Å². The zero-order valence-electron chi connectivity index (χ0n) is 21.8. The van der Waals surface area contributed by atoms with Crippen LogP contribution in [-0.4, -0.2) is 77.6 Å². The van der Waals surface area contributed by atoms with Crippen LogP contribution in [0, 0.1) is 5.82 Å². The van der Waals surface area contributed by atoms with Gasteiger partial charge in [-0.1, -0.05) is 0 Å². The van der Waals surface area contributed by atoms with Gasteiger partial charge in [-0.15, -0.1) is 5.10 Å². The van der Waals surface area contributed by atoms with Crippen molar-refractivity contribution < 1.29 is 14.2 Å². The lowest BCUT2D eigenvalue weighted by atomic mass is 9.84. The number of aliphatic hydroxyl groups is 1. The van der Waals surface area contributed by atoms with Crippen molar-refractivity contribution in [3.63, 3.8) is 0 Å². The molecule has 2 atom stereocenters. The molecule has 1 aliphatic carbocycles. The van der Waals surface area contributed by atoms with Crippen LogP contribution in [0.25, 0.3) is 5.69 Å². The molecule has 1 saturated carbocycles. The van der Waals surface area contributed by atoms with Crippen molar-refractivity contribution in [2.75, 3.05) is 30.4 Å². The molecule has 4 heterocycles. The van der Waals surface area contributed by atoms with E-state index in [0.717, 1.165) is 38.1 Å². The third-order valence-corrected chi connectivity index (χ3v) is 7.77. The summed E-state index contributed by atoms with van der Waals surface area (Å²) < 4.78 is 22.2. The number of tetrazole rings is 1. The number of piperidine rings is 1. The molecular formula is C26H34FN9O2. The molecule has 0 amide bonds. The molecule has 11 nitrogen and oxygen atoms in total. The first-order chi connectivity index (χ1) is 18.4. The van der Waals surface area contributed by atoms with Gasteiger partial charge in [-0.05, 0) is 87.5 Å². The fourth-order valence-electron chi connectivity index (χ4n) is 5.97. The summed E-state index contributed by atoms with van der Waals surface area (Å²) in [6.07, 6.45) is 7.58. The molecular weight excluding hydrogens is 489 g/mol. The van der Waals surface area contributed by atoms with Crippen molar-refractivity contribution in [2.45, 2.75) is 75.9 Å². The quantitative estimate of drug-likeness (QED) is 0.384. The smallest absolute Gasteiger partial charge is 0.229 e. The van der Waals surface area contributed by atoms with E-state index in [1.807, 2.05) is 12.1 Å². The first-order valence-electron chi connectivity index (χ1n) is 13.4. The lowest BCUT2D eigenvalue weighted by molar-refractivity contribution is 0.0500. The third-order valence-electron chi connectivity index (χ3n) is 7.77. The minimum absolute atomic E-state index is 0.0629. The van der Waals surface area contributed by atoms with Crippen LogP contribution in [0.3, 0.4) is 0 Å². The van der Waals surface area contributed by atoms with Crippen molar-refractivity contribution in [2.24, 2.45) is 0 Å². The Morgan fingerprint density at radius 1 is 1.24 bits per heavy atom. The Bertz CT molecular complexity index is 1300. The van der Waals surface area contributed by atoms with E-state index in [1.54, 1.807) is 10.7 Å². The number of benzene rings is 1. The third kappa shape index (κ3) is 5.02. The number of rotatable bonds is 9. The first kappa shape index (κ1) is 24.9. The molecule has 202 valence electrons. The molecule has 0 bridgehead atoms. The summed E-state index contributed by atoms with van der Waals surface area (Å²) in [5, 5.41) is 28.0. The minimum Gasteiger partial charge on any atom is -0.489 e. The maximum Gasteiger partial charge on any atom is 0.229 e. The second kappa shape index (κ2) is 10.1. The molecule has 1 aromatic carbocycles. The van der Waals surface area contributed by atoms with Crippen molar-refractivity contribution >= 4 is 17.5 Å². The van der Waals surface area contributed by atoms with E-state index in [0.29, 0.717) is 29.1 Å². The Morgan fingerprint density at radius 3 is 2.92 bits per heavy atom. The maximum atomic E-state index is 14.8. The van der Waals surface area contributed by atoms with Gasteiger partial charge in [-0.2, -0.15) is 9.67 Å². The predicted octanol–water partition coefficient (Wildman–Crippen LogP) is 3.40. The molecule has 0 spiro atoms. The molecule has 6 rings (SSSR count). The van der Waals surface area contributed by atoms with Crippen molar-refractivity contribution in [1.82, 2.24) is 35.1 Å². The van der Waals surface area contributed by atoms with Gasteiger partial charge in [0.2, 0.25) is 5.95 Å². The number of aliphatic hydroxyl groups excluding tert-OH is 1. The largest absolute Gasteiger partial charge is 0.489 e. The van der Waals surface area contributed by atoms with Gasteiger partial charge in [-0.25, -0.2) is 9.37 Å². The second-order valence-electron chi connectivity index (χ2n) is 11.1. The Morgan fingerprint density at radius 2 is 2.11 bits per heavy atom. The average molecular weight is 524 g/mol. The number of hydrogen-bond acceptors (Lipinski definition) is 10. The van der Waals surface area contributed by atoms with Crippen LogP contribution >= 0.6 is 0 Å². The molecule has 0 unspecified atom stereocenters. The van der Waals surface area contributed by atoms with Gasteiger partial charge < -0.3 is 20.5 Å². The van der Waals surface area contributed by atoms with Crippen molar-refractivity contribution in [3.8, 4) is 11.4 Å². The number of halogens is 1. The molecule has 3 fully saturated rings. The SMILES string of the molecule is CC1(C)C[C@H](Nc2nc(Nc3ccc(OCCO)c(-n4nnnc4C4CC4)c3)ncc2F)C[C@H]2CCCN21. The molecule has 2 aliphatic heterocycles. The highest BCUT2D eigenvalue weighted by Gasteiger charge is 2.43. The van der Waals surface area contributed by atoms with E-state index in [2.05, 4.69) is 54.9 Å². The number of nitrogens with one attached hydrogen (secondary N) is 2. The van der Waals surface area contributed by atoms with Gasteiger partial charge in [-0.3, -0.25) is 4.90 Å². The summed E-state index contributed by atoms with van der Waals surface area (Å²) in [6.45, 7) is 5.72. The lowest BCUT2D eigenvalue weighted by Crippen LogP contribution is -2.55. The molecule has 38 heavy (non-hydrogen) atoms. The molecule has 2 saturated heterocycles. The van der Waals surface area contributed by atoms with E-state index in [-0.39, 0.29) is 36.6 Å². The van der Waals surface area contributed by atoms with E-state index in [9.17, 15) is 9.50 Å². The Balaban J connectivity index is 1.23. The standard InChI is InChI=1S/C26H34FN9O2/c1-26(2)14-18(12-19-4-3-9-35(19)26)29-23-20(27)15-28-25(31-23)30-17-7-8-22(38-11-10-37)21(13-17)36-24(16-5-6-16)32-33-34-36/h7-8,13,15-16,18-19,37H,3-6,9-12,14H2,1-2H3,(H2,28,29,30,31)/t18-,19-/m1/s1. The van der Waals surface area contributed by atoms with E-state index in [4.69, 9.17) is 4.74 Å². The zero-order valence-corrected chi connectivity index (χ0v) is 21.8. The van der Waals surface area contributed by atoms with Gasteiger partial charge in [0.1, 0.15) is 18.0 Å². The average Bonchev–Trinajstić information content (AvgIpc) is 3.40. The minimum atomic E-state index is -0.474. The maximum absolute atomic E-state index is 14.8. The zero-order chi connectivity index (χ0) is 26.3. The van der Waals surface area contributed by atoms with Crippen LogP contribution in [0.5, 0.6) is 5.75 Å². The summed E-state index contributed by atoms with van der Waals surface area (Å²) in [7, 11) is 0. The Labute approximate surface area is 220 Å². The number of aromatic nitrogens is 6. The summed E-state index contributed by atoms with van der Waals surface area (Å²) in [5.74, 6) is 1.65. The molecule has 12 heteroatoms. The highest BCUT2D eigenvalue weighted by Crippen LogP contribution is 2.41. The van der Waals surface area contributed by atoms with Gasteiger partial charge in [0.15, 0.2) is 17.5 Å². The fourth-order valence-corrected chi connectivity index (χ4v) is 5.97. The van der Waals surface area contributed by atoms with Crippen molar-refractivity contribution in [3.05, 3.63) is 36.0 Å². The highest BCUT2D eigenvalue weighted by atomic mass is 19.1. The summed E-state index contributed by atoms with van der Waals surface area (Å²) in [5.41, 5.74) is 1.38. The van der Waals surface area contributed by atoms with E-state index >= 15 is 0 Å². The number of fused-ring (bicyclic) bond motifs is 1. The molecule has 2 aromatic heterocycles. The normalized spacial score (nSPS) is 22.7. The summed E-state index contributed by atoms with van der Waals surface area (Å²) >= 11 is 0. The van der Waals surface area contributed by atoms with Gasteiger partial charge >= 0.3 is 0 Å². The van der Waals surface area contributed by atoms with Crippen LogP contribution in [0.4, 0.5) is 21.8 Å². The van der Waals surface area contributed by atoms with Crippen molar-refractivity contribution in [1.29, 1.82) is 0 Å². The molecule has 0 radical (unpaired) electrons. The summed E-state index contributed by atoms with van der Waals surface area (Å²) in [6, 6.07) is 6.10. The topological polar surface area (TPSA) is 126 Å². The van der Waals surface area contributed by atoms with E-state index < -0.39 is 5.82 Å². The predicted molar refractivity (Wildman–Crippen MR) is 139 cm³/mol. The molecule has 3 aliphatic rings. The highest BCUT2D eigenvalue weighted by molar-refractivity contribution is 5.63. The lowest BCUT2D eigenvalue weighted by Gasteiger charge is -2.47. The molecule has 3 N–H and O–H groups in total. The summed E-state index contributed by atoms with van der Waals surface area (Å²) in [4.78, 5) is 11.3. The number of hydrogen-bond donors (Lipinski definition) is 3. The number of anilines is 3. The first-order valence-corrected chi connectivity index (χ1v) is 13.4. The second-order valence-corrected chi connectivity index (χ2v) is 11.1. The van der Waals surface area contributed by atoms with Gasteiger partial charge in [0.25, 0.3) is 0 Å². The Kier molecular flexibility index (Phi) is 6.60. The Hall–Kier alpha value is -3.38.